The Labute approximate surface area is 204 Å². The van der Waals surface area contributed by atoms with E-state index >= 15 is 0 Å². The molecule has 0 unspecified atom stereocenters. The van der Waals surface area contributed by atoms with Gasteiger partial charge in [-0.1, -0.05) is 0 Å². The number of carbonyl (C=O) groups excluding carboxylic acids is 2. The van der Waals surface area contributed by atoms with Crippen LogP contribution in [-0.4, -0.2) is 51.2 Å². The maximum Gasteiger partial charge on any atom is 0.326 e. The second-order valence-corrected chi connectivity index (χ2v) is 10.9. The molecule has 2 aromatic rings. The SMILES string of the molecule is CC(C)(C)OC(=O)CSc1ccc(N(CCOS(C)(=O)=O)C(=O)Nc2ccc(C#N)cc2)cc1. The van der Waals surface area contributed by atoms with Crippen molar-refractivity contribution in [2.45, 2.75) is 31.3 Å². The lowest BCUT2D eigenvalue weighted by Crippen LogP contribution is -2.37. The van der Waals surface area contributed by atoms with Crippen LogP contribution in [0.1, 0.15) is 26.3 Å². The maximum absolute atomic E-state index is 12.9. The first-order valence-electron chi connectivity index (χ1n) is 10.2. The van der Waals surface area contributed by atoms with Crippen LogP contribution in [0, 0.1) is 11.3 Å². The first-order chi connectivity index (χ1) is 15.9. The van der Waals surface area contributed by atoms with Crippen LogP contribution in [0.2, 0.25) is 0 Å². The predicted molar refractivity (Wildman–Crippen MR) is 131 cm³/mol. The zero-order valence-corrected chi connectivity index (χ0v) is 21.0. The van der Waals surface area contributed by atoms with Crippen LogP contribution in [0.4, 0.5) is 16.2 Å². The van der Waals surface area contributed by atoms with Crippen LogP contribution < -0.4 is 10.2 Å². The molecular weight excluding hydrogens is 478 g/mol. The minimum Gasteiger partial charge on any atom is -0.459 e. The van der Waals surface area contributed by atoms with Crippen molar-refractivity contribution in [2.24, 2.45) is 0 Å². The van der Waals surface area contributed by atoms with Gasteiger partial charge in [-0.05, 0) is 69.3 Å². The number of hydrogen-bond donors (Lipinski definition) is 1. The molecule has 0 aliphatic heterocycles. The Morgan fingerprint density at radius 2 is 1.71 bits per heavy atom. The Bertz CT molecular complexity index is 1140. The number of benzene rings is 2. The first-order valence-corrected chi connectivity index (χ1v) is 13.0. The summed E-state index contributed by atoms with van der Waals surface area (Å²) in [5.41, 5.74) is 0.876. The van der Waals surface area contributed by atoms with Crippen LogP contribution >= 0.6 is 11.8 Å². The van der Waals surface area contributed by atoms with Gasteiger partial charge in [0.15, 0.2) is 0 Å². The molecule has 0 aliphatic carbocycles. The topological polar surface area (TPSA) is 126 Å². The van der Waals surface area contributed by atoms with Gasteiger partial charge in [0.05, 0.1) is 36.8 Å². The lowest BCUT2D eigenvalue weighted by molar-refractivity contribution is -0.151. The Morgan fingerprint density at radius 1 is 1.09 bits per heavy atom. The molecule has 0 aliphatic rings. The van der Waals surface area contributed by atoms with E-state index in [-0.39, 0.29) is 24.9 Å². The molecule has 2 aromatic carbocycles. The fourth-order valence-corrected chi connectivity index (χ4v) is 3.73. The zero-order chi connectivity index (χ0) is 25.4. The second-order valence-electron chi connectivity index (χ2n) is 8.17. The predicted octanol–water partition coefficient (Wildman–Crippen LogP) is 4.01. The number of carbonyl (C=O) groups is 2. The summed E-state index contributed by atoms with van der Waals surface area (Å²) in [5, 5.41) is 11.6. The number of rotatable bonds is 9. The molecule has 0 fully saturated rings. The molecule has 182 valence electrons. The van der Waals surface area contributed by atoms with Crippen molar-refractivity contribution in [3.8, 4) is 6.07 Å². The second kappa shape index (κ2) is 11.9. The van der Waals surface area contributed by atoms with Crippen molar-refractivity contribution in [3.63, 3.8) is 0 Å². The Kier molecular flexibility index (Phi) is 9.49. The van der Waals surface area contributed by atoms with E-state index in [1.54, 1.807) is 69.3 Å². The van der Waals surface area contributed by atoms with E-state index < -0.39 is 21.8 Å². The van der Waals surface area contributed by atoms with E-state index in [9.17, 15) is 18.0 Å². The summed E-state index contributed by atoms with van der Waals surface area (Å²) in [6, 6.07) is 14.7. The van der Waals surface area contributed by atoms with E-state index in [4.69, 9.17) is 14.2 Å². The third-order valence-electron chi connectivity index (χ3n) is 4.05. The summed E-state index contributed by atoms with van der Waals surface area (Å²) >= 11 is 1.30. The molecule has 0 aromatic heterocycles. The maximum atomic E-state index is 12.9. The van der Waals surface area contributed by atoms with Gasteiger partial charge in [-0.3, -0.25) is 13.9 Å². The van der Waals surface area contributed by atoms with Gasteiger partial charge in [-0.25, -0.2) is 4.79 Å². The van der Waals surface area contributed by atoms with Crippen molar-refractivity contribution in [1.82, 2.24) is 0 Å². The average molecular weight is 506 g/mol. The van der Waals surface area contributed by atoms with Crippen molar-refractivity contribution < 1.29 is 26.9 Å². The highest BCUT2D eigenvalue weighted by molar-refractivity contribution is 8.00. The van der Waals surface area contributed by atoms with Gasteiger partial charge >= 0.3 is 12.0 Å². The molecule has 0 heterocycles. The minimum atomic E-state index is -3.67. The summed E-state index contributed by atoms with van der Waals surface area (Å²) in [6.45, 7) is 5.15. The number of nitrogens with zero attached hydrogens (tertiary/aromatic N) is 2. The highest BCUT2D eigenvalue weighted by Crippen LogP contribution is 2.24. The number of amides is 2. The number of thioether (sulfide) groups is 1. The highest BCUT2D eigenvalue weighted by atomic mass is 32.2. The number of ether oxygens (including phenoxy) is 1. The lowest BCUT2D eigenvalue weighted by atomic mass is 10.2. The van der Waals surface area contributed by atoms with Crippen LogP contribution in [0.15, 0.2) is 53.4 Å². The molecule has 1 N–H and O–H groups in total. The molecule has 34 heavy (non-hydrogen) atoms. The monoisotopic (exact) mass is 505 g/mol. The summed E-state index contributed by atoms with van der Waals surface area (Å²) in [5.74, 6) is -0.190. The van der Waals surface area contributed by atoms with E-state index in [1.165, 1.54) is 16.7 Å². The van der Waals surface area contributed by atoms with Crippen molar-refractivity contribution in [1.29, 1.82) is 5.26 Å². The van der Waals surface area contributed by atoms with Gasteiger partial charge in [0, 0.05) is 16.3 Å². The number of anilines is 2. The lowest BCUT2D eigenvalue weighted by Gasteiger charge is -2.23. The Morgan fingerprint density at radius 3 is 2.24 bits per heavy atom. The molecule has 0 saturated carbocycles. The minimum absolute atomic E-state index is 0.0282. The fraction of sp³-hybridized carbons (Fsp3) is 0.348. The molecule has 2 amide bonds. The van der Waals surface area contributed by atoms with Gasteiger partial charge in [0.25, 0.3) is 10.1 Å². The van der Waals surface area contributed by atoms with Crippen LogP contribution in [0.5, 0.6) is 0 Å². The highest BCUT2D eigenvalue weighted by Gasteiger charge is 2.19. The average Bonchev–Trinajstić information content (AvgIpc) is 2.74. The van der Waals surface area contributed by atoms with Gasteiger partial charge in [-0.15, -0.1) is 11.8 Å². The quantitative estimate of drug-likeness (QED) is 0.308. The van der Waals surface area contributed by atoms with E-state index in [0.717, 1.165) is 11.2 Å². The van der Waals surface area contributed by atoms with Crippen LogP contribution in [-0.2, 0) is 23.8 Å². The van der Waals surface area contributed by atoms with Gasteiger partial charge in [0.1, 0.15) is 5.60 Å². The molecular formula is C23H27N3O6S2. The number of nitriles is 1. The molecule has 11 heteroatoms. The van der Waals surface area contributed by atoms with Crippen molar-refractivity contribution in [2.75, 3.05) is 35.4 Å². The summed E-state index contributed by atoms with van der Waals surface area (Å²) in [4.78, 5) is 27.0. The Balaban J connectivity index is 2.11. The van der Waals surface area contributed by atoms with Crippen molar-refractivity contribution in [3.05, 3.63) is 54.1 Å². The molecule has 0 bridgehead atoms. The molecule has 0 atom stereocenters. The Hall–Kier alpha value is -3.07. The van der Waals surface area contributed by atoms with Gasteiger partial charge < -0.3 is 10.1 Å². The molecule has 2 rings (SSSR count). The summed E-state index contributed by atoms with van der Waals surface area (Å²) in [6.07, 6.45) is 0.935. The third kappa shape index (κ3) is 9.82. The van der Waals surface area contributed by atoms with E-state index in [0.29, 0.717) is 16.9 Å². The molecule has 0 spiro atoms. The van der Waals surface area contributed by atoms with E-state index in [1.807, 2.05) is 6.07 Å². The largest absolute Gasteiger partial charge is 0.459 e. The summed E-state index contributed by atoms with van der Waals surface area (Å²) < 4.78 is 32.7. The zero-order valence-electron chi connectivity index (χ0n) is 19.4. The first kappa shape index (κ1) is 27.2. The number of urea groups is 1. The smallest absolute Gasteiger partial charge is 0.326 e. The number of nitrogens with one attached hydrogen (secondary N) is 1. The third-order valence-corrected chi connectivity index (χ3v) is 5.63. The molecule has 0 radical (unpaired) electrons. The molecule has 9 nitrogen and oxygen atoms in total. The fourth-order valence-electron chi connectivity index (χ4n) is 2.68. The van der Waals surface area contributed by atoms with Crippen LogP contribution in [0.3, 0.4) is 0 Å². The standard InChI is InChI=1S/C23H27N3O6S2/c1-23(2,3)32-21(27)16-33-20-11-9-19(10-12-20)26(13-14-31-34(4,29)30)22(28)25-18-7-5-17(15-24)6-8-18/h5-12H,13-14,16H2,1-4H3,(H,25,28). The molecule has 0 saturated heterocycles. The summed E-state index contributed by atoms with van der Waals surface area (Å²) in [7, 11) is -3.67. The normalized spacial score (nSPS) is 11.4. The van der Waals surface area contributed by atoms with Gasteiger partial charge in [-0.2, -0.15) is 13.7 Å². The number of esters is 1. The van der Waals surface area contributed by atoms with Crippen molar-refractivity contribution >= 4 is 45.3 Å². The number of hydrogen-bond acceptors (Lipinski definition) is 8. The van der Waals surface area contributed by atoms with Crippen LogP contribution in [0.25, 0.3) is 0 Å². The van der Waals surface area contributed by atoms with Gasteiger partial charge in [0.2, 0.25) is 0 Å². The van der Waals surface area contributed by atoms with E-state index in [2.05, 4.69) is 5.32 Å².